The first-order valence-electron chi connectivity index (χ1n) is 6.41. The van der Waals surface area contributed by atoms with Gasteiger partial charge in [0.1, 0.15) is 17.7 Å². The average molecular weight is 337 g/mol. The van der Waals surface area contributed by atoms with Crippen LogP contribution in [0.25, 0.3) is 0 Å². The fourth-order valence-corrected chi connectivity index (χ4v) is 2.90. The molecule has 3 rings (SSSR count). The highest BCUT2D eigenvalue weighted by Gasteiger charge is 2.29. The summed E-state index contributed by atoms with van der Waals surface area (Å²) < 4.78 is 20.3. The highest BCUT2D eigenvalue weighted by atomic mass is 79.9. The Morgan fingerprint density at radius 3 is 2.95 bits per heavy atom. The molecule has 1 N–H and O–H groups in total. The van der Waals surface area contributed by atoms with E-state index in [0.29, 0.717) is 5.75 Å². The van der Waals surface area contributed by atoms with Crippen molar-refractivity contribution in [2.45, 2.75) is 18.6 Å². The SMILES string of the molecule is CNC1CC(c2cncc(Br)c2)Oc2cc(F)ccc21. The summed E-state index contributed by atoms with van der Waals surface area (Å²) in [6.07, 6.45) is 4.17. The second-order valence-electron chi connectivity index (χ2n) is 4.80. The number of benzene rings is 1. The van der Waals surface area contributed by atoms with Crippen molar-refractivity contribution in [2.75, 3.05) is 7.05 Å². The van der Waals surface area contributed by atoms with Crippen LogP contribution in [0.4, 0.5) is 4.39 Å². The van der Waals surface area contributed by atoms with Gasteiger partial charge in [-0.3, -0.25) is 4.98 Å². The smallest absolute Gasteiger partial charge is 0.127 e. The Kier molecular flexibility index (Phi) is 3.72. The third-order valence-electron chi connectivity index (χ3n) is 3.52. The lowest BCUT2D eigenvalue weighted by Gasteiger charge is -2.32. The molecule has 0 spiro atoms. The number of ether oxygens (including phenoxy) is 1. The van der Waals surface area contributed by atoms with E-state index < -0.39 is 0 Å². The predicted octanol–water partition coefficient (Wildman–Crippen LogP) is 3.77. The van der Waals surface area contributed by atoms with Crippen LogP contribution in [0.5, 0.6) is 5.75 Å². The molecule has 0 fully saturated rings. The van der Waals surface area contributed by atoms with Gasteiger partial charge in [-0.05, 0) is 35.1 Å². The molecular weight excluding hydrogens is 323 g/mol. The van der Waals surface area contributed by atoms with Crippen LogP contribution in [0, 0.1) is 5.82 Å². The molecule has 0 saturated heterocycles. The minimum atomic E-state index is -0.286. The Labute approximate surface area is 125 Å². The third-order valence-corrected chi connectivity index (χ3v) is 3.95. The number of hydrogen-bond donors (Lipinski definition) is 1. The summed E-state index contributed by atoms with van der Waals surface area (Å²) in [5.74, 6) is 0.312. The lowest BCUT2D eigenvalue weighted by atomic mass is 9.93. The summed E-state index contributed by atoms with van der Waals surface area (Å²) in [6.45, 7) is 0. The zero-order valence-electron chi connectivity index (χ0n) is 10.9. The molecule has 0 aliphatic carbocycles. The molecule has 1 aliphatic rings. The minimum absolute atomic E-state index is 0.133. The van der Waals surface area contributed by atoms with Gasteiger partial charge >= 0.3 is 0 Å². The summed E-state index contributed by atoms with van der Waals surface area (Å²) >= 11 is 3.41. The second kappa shape index (κ2) is 5.50. The van der Waals surface area contributed by atoms with Crippen LogP contribution >= 0.6 is 15.9 Å². The van der Waals surface area contributed by atoms with E-state index in [4.69, 9.17) is 4.74 Å². The van der Waals surface area contributed by atoms with Gasteiger partial charge in [-0.2, -0.15) is 0 Å². The molecule has 0 saturated carbocycles. The summed E-state index contributed by atoms with van der Waals surface area (Å²) in [5.41, 5.74) is 1.97. The lowest BCUT2D eigenvalue weighted by molar-refractivity contribution is 0.152. The quantitative estimate of drug-likeness (QED) is 0.906. The Hall–Kier alpha value is -1.46. The highest BCUT2D eigenvalue weighted by molar-refractivity contribution is 9.10. The molecule has 20 heavy (non-hydrogen) atoms. The van der Waals surface area contributed by atoms with Gasteiger partial charge in [-0.1, -0.05) is 6.07 Å². The average Bonchev–Trinajstić information content (AvgIpc) is 2.45. The Morgan fingerprint density at radius 2 is 2.20 bits per heavy atom. The summed E-state index contributed by atoms with van der Waals surface area (Å²) in [4.78, 5) is 4.16. The van der Waals surface area contributed by atoms with Crippen molar-refractivity contribution < 1.29 is 9.13 Å². The van der Waals surface area contributed by atoms with Crippen LogP contribution in [-0.2, 0) is 0 Å². The Bertz CT molecular complexity index is 635. The monoisotopic (exact) mass is 336 g/mol. The molecule has 0 amide bonds. The normalized spacial score (nSPS) is 21.1. The zero-order chi connectivity index (χ0) is 14.1. The van der Waals surface area contributed by atoms with Gasteiger partial charge in [0.2, 0.25) is 0 Å². The lowest BCUT2D eigenvalue weighted by Crippen LogP contribution is -2.26. The minimum Gasteiger partial charge on any atom is -0.485 e. The van der Waals surface area contributed by atoms with Crippen molar-refractivity contribution in [2.24, 2.45) is 0 Å². The molecule has 0 bridgehead atoms. The fraction of sp³-hybridized carbons (Fsp3) is 0.267. The van der Waals surface area contributed by atoms with E-state index in [0.717, 1.165) is 22.0 Å². The maximum absolute atomic E-state index is 13.4. The maximum atomic E-state index is 13.4. The van der Waals surface area contributed by atoms with Crippen LogP contribution in [0.2, 0.25) is 0 Å². The van der Waals surface area contributed by atoms with Crippen LogP contribution in [0.3, 0.4) is 0 Å². The molecule has 0 radical (unpaired) electrons. The molecule has 3 nitrogen and oxygen atoms in total. The number of pyridine rings is 1. The number of rotatable bonds is 2. The summed E-state index contributed by atoms with van der Waals surface area (Å²) in [5, 5.41) is 3.26. The maximum Gasteiger partial charge on any atom is 0.127 e. The predicted molar refractivity (Wildman–Crippen MR) is 78.1 cm³/mol. The number of hydrogen-bond acceptors (Lipinski definition) is 3. The van der Waals surface area contributed by atoms with E-state index in [1.165, 1.54) is 12.1 Å². The van der Waals surface area contributed by atoms with Gasteiger partial charge in [0, 0.05) is 46.5 Å². The molecule has 5 heteroatoms. The second-order valence-corrected chi connectivity index (χ2v) is 5.72. The van der Waals surface area contributed by atoms with Crippen LogP contribution in [-0.4, -0.2) is 12.0 Å². The van der Waals surface area contributed by atoms with Gasteiger partial charge in [0.05, 0.1) is 0 Å². The van der Waals surface area contributed by atoms with Crippen molar-refractivity contribution in [1.82, 2.24) is 10.3 Å². The van der Waals surface area contributed by atoms with Gasteiger partial charge in [0.25, 0.3) is 0 Å². The first kappa shape index (κ1) is 13.5. The fourth-order valence-electron chi connectivity index (χ4n) is 2.52. The Balaban J connectivity index is 1.97. The van der Waals surface area contributed by atoms with Crippen LogP contribution in [0.1, 0.15) is 29.7 Å². The summed E-state index contributed by atoms with van der Waals surface area (Å²) in [6, 6.07) is 6.81. The van der Waals surface area contributed by atoms with Gasteiger partial charge in [-0.25, -0.2) is 4.39 Å². The molecule has 1 aromatic heterocycles. The van der Waals surface area contributed by atoms with Crippen molar-refractivity contribution in [3.8, 4) is 5.75 Å². The van der Waals surface area contributed by atoms with Gasteiger partial charge in [0.15, 0.2) is 0 Å². The number of aromatic nitrogens is 1. The third kappa shape index (κ3) is 2.55. The van der Waals surface area contributed by atoms with E-state index in [-0.39, 0.29) is 18.0 Å². The number of fused-ring (bicyclic) bond motifs is 1. The largest absolute Gasteiger partial charge is 0.485 e. The van der Waals surface area contributed by atoms with E-state index in [1.807, 2.05) is 13.1 Å². The van der Waals surface area contributed by atoms with Gasteiger partial charge in [-0.15, -0.1) is 0 Å². The van der Waals surface area contributed by atoms with Crippen molar-refractivity contribution in [3.05, 3.63) is 58.1 Å². The Morgan fingerprint density at radius 1 is 1.35 bits per heavy atom. The van der Waals surface area contributed by atoms with Crippen molar-refractivity contribution in [3.63, 3.8) is 0 Å². The zero-order valence-corrected chi connectivity index (χ0v) is 12.5. The molecule has 2 unspecified atom stereocenters. The number of nitrogens with one attached hydrogen (secondary N) is 1. The van der Waals surface area contributed by atoms with Crippen molar-refractivity contribution >= 4 is 15.9 Å². The van der Waals surface area contributed by atoms with Crippen LogP contribution in [0.15, 0.2) is 41.1 Å². The molecular formula is C15H14BrFN2O. The standard InChI is InChI=1S/C15H14BrFN2O/c1-18-13-6-14(9-4-10(16)8-19-7-9)20-15-5-11(17)2-3-12(13)15/h2-5,7-8,13-14,18H,6H2,1H3. The molecule has 2 aromatic rings. The molecule has 2 atom stereocenters. The molecule has 1 aliphatic heterocycles. The van der Waals surface area contributed by atoms with E-state index in [1.54, 1.807) is 18.5 Å². The topological polar surface area (TPSA) is 34.2 Å². The van der Waals surface area contributed by atoms with Gasteiger partial charge < -0.3 is 10.1 Å². The van der Waals surface area contributed by atoms with E-state index in [2.05, 4.69) is 26.2 Å². The molecule has 2 heterocycles. The first-order valence-corrected chi connectivity index (χ1v) is 7.20. The number of halogens is 2. The van der Waals surface area contributed by atoms with E-state index in [9.17, 15) is 4.39 Å². The number of nitrogens with zero attached hydrogens (tertiary/aromatic N) is 1. The van der Waals surface area contributed by atoms with E-state index >= 15 is 0 Å². The molecule has 1 aromatic carbocycles. The highest BCUT2D eigenvalue weighted by Crippen LogP contribution is 2.41. The molecule has 104 valence electrons. The summed E-state index contributed by atoms with van der Waals surface area (Å²) in [7, 11) is 1.90. The first-order chi connectivity index (χ1) is 9.67. The van der Waals surface area contributed by atoms with Crippen LogP contribution < -0.4 is 10.1 Å². The van der Waals surface area contributed by atoms with Crippen molar-refractivity contribution in [1.29, 1.82) is 0 Å².